The lowest BCUT2D eigenvalue weighted by Crippen LogP contribution is -2.56. The van der Waals surface area contributed by atoms with Gasteiger partial charge >= 0.3 is 0 Å². The number of amides is 1. The first-order valence-electron chi connectivity index (χ1n) is 16.7. The van der Waals surface area contributed by atoms with Crippen LogP contribution in [0.4, 0.5) is 11.6 Å². The Morgan fingerprint density at radius 1 is 0.882 bits per heavy atom. The van der Waals surface area contributed by atoms with Gasteiger partial charge in [0.2, 0.25) is 0 Å². The summed E-state index contributed by atoms with van der Waals surface area (Å²) in [6.45, 7) is 1.06. The Bertz CT molecular complexity index is 1520. The van der Waals surface area contributed by atoms with E-state index in [0.29, 0.717) is 32.0 Å². The van der Waals surface area contributed by atoms with E-state index in [4.69, 9.17) is 44.4 Å². The smallest absolute Gasteiger partial charge is 0.280 e. The highest BCUT2D eigenvalue weighted by Crippen LogP contribution is 2.18. The van der Waals surface area contributed by atoms with Crippen LogP contribution in [0.3, 0.4) is 0 Å². The molecule has 0 aliphatic heterocycles. The Morgan fingerprint density at radius 3 is 2.22 bits per heavy atom. The number of aliphatic hydroxyl groups excluding tert-OH is 5. The number of unbranched alkanes of at least 4 members (excludes halogenated alkanes) is 1. The van der Waals surface area contributed by atoms with Gasteiger partial charge in [0.25, 0.3) is 5.91 Å². The number of nitrogen functional groups attached to an aromatic ring is 2. The second kappa shape index (κ2) is 21.3. The number of halogens is 1. The summed E-state index contributed by atoms with van der Waals surface area (Å²) in [4.78, 5) is 26.1. The fourth-order valence-electron chi connectivity index (χ4n) is 5.15. The molecular formula is C34H50ClN9O7. The summed E-state index contributed by atoms with van der Waals surface area (Å²) in [5, 5.41) is 52.5. The first kappa shape index (κ1) is 41.3. The summed E-state index contributed by atoms with van der Waals surface area (Å²) in [7, 11) is 0. The molecular weight excluding hydrogens is 682 g/mol. The minimum atomic E-state index is -1.61. The van der Waals surface area contributed by atoms with Crippen LogP contribution in [0, 0.1) is 0 Å². The molecule has 3 aromatic rings. The predicted molar refractivity (Wildman–Crippen MR) is 195 cm³/mol. The number of rotatable bonds is 21. The number of guanidine groups is 1. The molecule has 16 nitrogen and oxygen atoms in total. The summed E-state index contributed by atoms with van der Waals surface area (Å²) in [6.07, 6.45) is -2.06. The number of benzene rings is 2. The Kier molecular flexibility index (Phi) is 17.2. The fourth-order valence-corrected chi connectivity index (χ4v) is 5.28. The Morgan fingerprint density at radius 2 is 1.53 bits per heavy atom. The second-order valence-corrected chi connectivity index (χ2v) is 12.4. The third-order valence-electron chi connectivity index (χ3n) is 8.11. The first-order chi connectivity index (χ1) is 24.4. The van der Waals surface area contributed by atoms with Gasteiger partial charge in [-0.3, -0.25) is 20.0 Å². The van der Waals surface area contributed by atoms with E-state index < -0.39 is 43.0 Å². The Labute approximate surface area is 302 Å². The number of aromatic nitrogens is 2. The number of aryl methyl sites for hydroxylation is 2. The van der Waals surface area contributed by atoms with Gasteiger partial charge in [-0.2, -0.15) is 0 Å². The van der Waals surface area contributed by atoms with Crippen LogP contribution in [0.5, 0.6) is 5.75 Å². The molecule has 0 spiro atoms. The standard InChI is InChI=1S/C34H50ClN9O7/c35-30-32(38)42-31(37)27(41-30)33(50)43-34(39)40-15-5-4-9-22-11-13-23(14-12-22)51-18-17-44(16-6-10-21-7-2-1-3-8-21)19-24(46)28(48)26(36)29(49)25(47)20-45/h1-3,7-8,11-14,24-26,28-29,45-49H,4-6,9-10,15-20,36H2,(H4,37,38,42)(H3,39,40,43,50)/t24-,25+,26-,28+,29+/m0/s1. The van der Waals surface area contributed by atoms with Crippen molar-refractivity contribution < 1.29 is 35.1 Å². The molecule has 0 saturated heterocycles. The molecule has 5 atom stereocenters. The highest BCUT2D eigenvalue weighted by molar-refractivity contribution is 6.31. The number of nitrogens with one attached hydrogen (secondary N) is 1. The molecule has 0 fully saturated rings. The summed E-state index contributed by atoms with van der Waals surface area (Å²) < 4.78 is 5.98. The Hall–Kier alpha value is -4.13. The van der Waals surface area contributed by atoms with Crippen LogP contribution in [0.1, 0.15) is 40.9 Å². The van der Waals surface area contributed by atoms with E-state index >= 15 is 0 Å². The molecule has 2 aromatic carbocycles. The van der Waals surface area contributed by atoms with Crippen molar-refractivity contribution in [2.45, 2.75) is 62.6 Å². The highest BCUT2D eigenvalue weighted by Gasteiger charge is 2.33. The quantitative estimate of drug-likeness (QED) is 0.0374. The van der Waals surface area contributed by atoms with E-state index in [1.54, 1.807) is 0 Å². The van der Waals surface area contributed by atoms with Crippen LogP contribution in [0.25, 0.3) is 0 Å². The van der Waals surface area contributed by atoms with Crippen molar-refractivity contribution in [3.05, 3.63) is 76.6 Å². The summed E-state index contributed by atoms with van der Waals surface area (Å²) >= 11 is 5.82. The third-order valence-corrected chi connectivity index (χ3v) is 8.39. The number of anilines is 2. The van der Waals surface area contributed by atoms with E-state index in [1.165, 1.54) is 5.56 Å². The molecule has 0 aliphatic carbocycles. The molecule has 1 heterocycles. The predicted octanol–water partition coefficient (Wildman–Crippen LogP) is -0.561. The van der Waals surface area contributed by atoms with Gasteiger partial charge in [-0.25, -0.2) is 9.97 Å². The van der Waals surface area contributed by atoms with E-state index in [0.717, 1.165) is 37.7 Å². The molecule has 0 bridgehead atoms. The van der Waals surface area contributed by atoms with Crippen LogP contribution in [-0.4, -0.2) is 122 Å². The van der Waals surface area contributed by atoms with E-state index in [2.05, 4.69) is 20.3 Å². The van der Waals surface area contributed by atoms with Gasteiger partial charge in [-0.05, 0) is 61.9 Å². The van der Waals surface area contributed by atoms with Crippen LogP contribution in [0.2, 0.25) is 5.15 Å². The fraction of sp³-hybridized carbons (Fsp3) is 0.471. The number of ether oxygens (including phenoxy) is 1. The van der Waals surface area contributed by atoms with Crippen molar-refractivity contribution in [3.63, 3.8) is 0 Å². The Balaban J connectivity index is 1.44. The number of carbonyl (C=O) groups excluding carboxylic acids is 1. The van der Waals surface area contributed by atoms with Crippen LogP contribution >= 0.6 is 11.6 Å². The van der Waals surface area contributed by atoms with Gasteiger partial charge in [0.05, 0.1) is 31.0 Å². The van der Waals surface area contributed by atoms with E-state index in [1.807, 2.05) is 59.5 Å². The molecule has 0 radical (unpaired) electrons. The number of nitrogens with zero attached hydrogens (tertiary/aromatic N) is 4. The molecule has 0 saturated carbocycles. The monoisotopic (exact) mass is 731 g/mol. The number of nitrogens with two attached hydrogens (primary N) is 4. The maximum atomic E-state index is 12.4. The average molecular weight is 732 g/mol. The van der Waals surface area contributed by atoms with Crippen molar-refractivity contribution in [1.82, 2.24) is 20.2 Å². The van der Waals surface area contributed by atoms with E-state index in [-0.39, 0.29) is 35.0 Å². The molecule has 14 N–H and O–H groups in total. The van der Waals surface area contributed by atoms with Gasteiger partial charge in [0, 0.05) is 19.6 Å². The summed E-state index contributed by atoms with van der Waals surface area (Å²) in [6, 6.07) is 16.3. The van der Waals surface area contributed by atoms with Crippen LogP contribution in [-0.2, 0) is 12.8 Å². The van der Waals surface area contributed by atoms with E-state index in [9.17, 15) is 25.2 Å². The molecule has 280 valence electrons. The largest absolute Gasteiger partial charge is 0.492 e. The third kappa shape index (κ3) is 13.8. The zero-order valence-corrected chi connectivity index (χ0v) is 29.1. The number of aliphatic hydroxyl groups is 5. The molecule has 17 heteroatoms. The number of carbonyl (C=O) groups is 1. The molecule has 1 aromatic heterocycles. The molecule has 51 heavy (non-hydrogen) atoms. The van der Waals surface area contributed by atoms with Crippen molar-refractivity contribution in [2.24, 2.45) is 16.5 Å². The molecule has 1 amide bonds. The van der Waals surface area contributed by atoms with Crippen LogP contribution < -0.4 is 33.0 Å². The summed E-state index contributed by atoms with van der Waals surface area (Å²) in [5.41, 5.74) is 25.0. The van der Waals surface area contributed by atoms with Crippen molar-refractivity contribution in [2.75, 3.05) is 50.9 Å². The van der Waals surface area contributed by atoms with Gasteiger partial charge in [-0.1, -0.05) is 54.1 Å². The SMILES string of the molecule is NC(=NCCCCc1ccc(OCCN(CCCc2ccccc2)C[C@H](O)[C@@H](O)[C@H](N)[C@H](O)[C@H](O)CO)cc1)NC(=O)c1nc(Cl)c(N)nc1N. The van der Waals surface area contributed by atoms with Gasteiger partial charge in [-0.15, -0.1) is 0 Å². The lowest BCUT2D eigenvalue weighted by atomic mass is 9.97. The number of hydrogen-bond donors (Lipinski definition) is 10. The summed E-state index contributed by atoms with van der Waals surface area (Å²) in [5.74, 6) is -0.375. The molecule has 0 aliphatic rings. The topological polar surface area (TPSA) is 285 Å². The van der Waals surface area contributed by atoms with Crippen LogP contribution in [0.15, 0.2) is 59.6 Å². The zero-order valence-electron chi connectivity index (χ0n) is 28.4. The normalized spacial score (nSPS) is 14.9. The maximum absolute atomic E-state index is 12.4. The minimum Gasteiger partial charge on any atom is -0.492 e. The average Bonchev–Trinajstić information content (AvgIpc) is 3.12. The van der Waals surface area contributed by atoms with Crippen molar-refractivity contribution >= 4 is 35.1 Å². The van der Waals surface area contributed by atoms with Crippen molar-refractivity contribution in [1.29, 1.82) is 0 Å². The zero-order chi connectivity index (χ0) is 37.3. The highest BCUT2D eigenvalue weighted by atomic mass is 35.5. The van der Waals surface area contributed by atoms with Gasteiger partial charge in [0.1, 0.15) is 18.5 Å². The number of aliphatic imine (C=N–C) groups is 1. The maximum Gasteiger partial charge on any atom is 0.280 e. The number of hydrogen-bond acceptors (Lipinski definition) is 14. The lowest BCUT2D eigenvalue weighted by molar-refractivity contribution is -0.0801. The lowest BCUT2D eigenvalue weighted by Gasteiger charge is -2.32. The minimum absolute atomic E-state index is 0.0523. The van der Waals surface area contributed by atoms with Gasteiger partial charge < -0.3 is 53.2 Å². The first-order valence-corrected chi connectivity index (χ1v) is 17.0. The van der Waals surface area contributed by atoms with Crippen molar-refractivity contribution in [3.8, 4) is 5.75 Å². The molecule has 0 unspecified atom stereocenters. The molecule has 3 rings (SSSR count). The second-order valence-electron chi connectivity index (χ2n) is 12.1. The van der Waals surface area contributed by atoms with Gasteiger partial charge in [0.15, 0.2) is 28.4 Å².